The standard InChI is InChI=1S/C24H44O4S/c1-4-5-6-7-8-9-10-11-12-13-14-15-17-22(18-16-19-23(25)27-2)29-21-20-24(26)28-3/h15,17,22H,4-14,16,18-21H2,1-3H3. The van der Waals surface area contributed by atoms with Gasteiger partial charge in [0.15, 0.2) is 0 Å². The van der Waals surface area contributed by atoms with E-state index >= 15 is 0 Å². The Morgan fingerprint density at radius 3 is 1.93 bits per heavy atom. The van der Waals surface area contributed by atoms with Crippen molar-refractivity contribution in [2.24, 2.45) is 0 Å². The Labute approximate surface area is 183 Å². The molecule has 0 spiro atoms. The van der Waals surface area contributed by atoms with E-state index in [4.69, 9.17) is 9.47 Å². The number of hydrogen-bond donors (Lipinski definition) is 0. The first-order chi connectivity index (χ1) is 14.1. The molecular formula is C24H44O4S. The fraction of sp³-hybridized carbons (Fsp3) is 0.833. The Kier molecular flexibility index (Phi) is 21.0. The van der Waals surface area contributed by atoms with Crippen LogP contribution in [0.5, 0.6) is 0 Å². The van der Waals surface area contributed by atoms with Crippen LogP contribution in [0.15, 0.2) is 12.2 Å². The monoisotopic (exact) mass is 428 g/mol. The summed E-state index contributed by atoms with van der Waals surface area (Å²) in [6.45, 7) is 2.26. The van der Waals surface area contributed by atoms with Crippen LogP contribution in [0.3, 0.4) is 0 Å². The highest BCUT2D eigenvalue weighted by Crippen LogP contribution is 2.21. The van der Waals surface area contributed by atoms with Gasteiger partial charge in [0, 0.05) is 17.4 Å². The topological polar surface area (TPSA) is 52.6 Å². The number of thioether (sulfide) groups is 1. The lowest BCUT2D eigenvalue weighted by molar-refractivity contribution is -0.141. The summed E-state index contributed by atoms with van der Waals surface area (Å²) in [5.41, 5.74) is 0. The molecule has 0 aliphatic rings. The zero-order chi connectivity index (χ0) is 21.6. The van der Waals surface area contributed by atoms with Gasteiger partial charge in [-0.25, -0.2) is 0 Å². The van der Waals surface area contributed by atoms with Crippen LogP contribution >= 0.6 is 11.8 Å². The highest BCUT2D eigenvalue weighted by Gasteiger charge is 2.09. The van der Waals surface area contributed by atoms with Crippen molar-refractivity contribution in [3.05, 3.63) is 12.2 Å². The van der Waals surface area contributed by atoms with E-state index in [-0.39, 0.29) is 11.9 Å². The first-order valence-corrected chi connectivity index (χ1v) is 12.6. The zero-order valence-electron chi connectivity index (χ0n) is 19.1. The van der Waals surface area contributed by atoms with Crippen LogP contribution in [0.1, 0.15) is 103 Å². The minimum atomic E-state index is -0.167. The van der Waals surface area contributed by atoms with Gasteiger partial charge in [-0.05, 0) is 25.7 Å². The predicted octanol–water partition coefficient (Wildman–Crippen LogP) is 6.86. The molecule has 0 radical (unpaired) electrons. The molecule has 0 saturated heterocycles. The van der Waals surface area contributed by atoms with E-state index in [1.54, 1.807) is 11.8 Å². The van der Waals surface area contributed by atoms with Gasteiger partial charge in [-0.1, -0.05) is 76.9 Å². The summed E-state index contributed by atoms with van der Waals surface area (Å²) in [4.78, 5) is 22.6. The second kappa shape index (κ2) is 21.7. The molecule has 1 unspecified atom stereocenters. The Balaban J connectivity index is 3.91. The number of rotatable bonds is 20. The first kappa shape index (κ1) is 28.0. The number of ether oxygens (including phenoxy) is 2. The van der Waals surface area contributed by atoms with Crippen LogP contribution in [0.2, 0.25) is 0 Å². The molecule has 4 nitrogen and oxygen atoms in total. The minimum Gasteiger partial charge on any atom is -0.469 e. The molecule has 170 valence electrons. The van der Waals surface area contributed by atoms with Gasteiger partial charge >= 0.3 is 11.9 Å². The summed E-state index contributed by atoms with van der Waals surface area (Å²) >= 11 is 1.77. The van der Waals surface area contributed by atoms with Crippen molar-refractivity contribution in [3.63, 3.8) is 0 Å². The molecule has 0 aromatic carbocycles. The maximum atomic E-state index is 11.3. The van der Waals surface area contributed by atoms with E-state index in [1.165, 1.54) is 78.4 Å². The molecule has 0 aromatic heterocycles. The van der Waals surface area contributed by atoms with Crippen LogP contribution in [0.25, 0.3) is 0 Å². The quantitative estimate of drug-likeness (QED) is 0.120. The van der Waals surface area contributed by atoms with Gasteiger partial charge in [0.05, 0.1) is 20.6 Å². The van der Waals surface area contributed by atoms with Gasteiger partial charge in [0.1, 0.15) is 0 Å². The molecule has 0 aliphatic carbocycles. The molecular weight excluding hydrogens is 384 g/mol. The largest absolute Gasteiger partial charge is 0.469 e. The van der Waals surface area contributed by atoms with Gasteiger partial charge in [-0.2, -0.15) is 11.8 Å². The smallest absolute Gasteiger partial charge is 0.306 e. The van der Waals surface area contributed by atoms with E-state index in [1.807, 2.05) is 0 Å². The van der Waals surface area contributed by atoms with Crippen molar-refractivity contribution in [3.8, 4) is 0 Å². The van der Waals surface area contributed by atoms with Gasteiger partial charge < -0.3 is 9.47 Å². The number of methoxy groups -OCH3 is 2. The van der Waals surface area contributed by atoms with E-state index in [0.717, 1.165) is 25.0 Å². The SMILES string of the molecule is CCCCCCCCCCCCC=CC(CCCC(=O)OC)SCCC(=O)OC. The van der Waals surface area contributed by atoms with E-state index in [2.05, 4.69) is 19.1 Å². The molecule has 0 N–H and O–H groups in total. The summed E-state index contributed by atoms with van der Waals surface area (Å²) in [5.74, 6) is 0.427. The predicted molar refractivity (Wildman–Crippen MR) is 124 cm³/mol. The average molecular weight is 429 g/mol. The normalized spacial score (nSPS) is 12.2. The number of esters is 2. The second-order valence-corrected chi connectivity index (χ2v) is 8.95. The summed E-state index contributed by atoms with van der Waals surface area (Å²) in [5, 5.41) is 0.340. The maximum absolute atomic E-state index is 11.3. The second-order valence-electron chi connectivity index (χ2n) is 7.60. The van der Waals surface area contributed by atoms with Crippen LogP contribution in [0.4, 0.5) is 0 Å². The van der Waals surface area contributed by atoms with Gasteiger partial charge in [-0.15, -0.1) is 0 Å². The van der Waals surface area contributed by atoms with Crippen molar-refractivity contribution < 1.29 is 19.1 Å². The lowest BCUT2D eigenvalue weighted by Gasteiger charge is -2.12. The Hall–Kier alpha value is -0.970. The molecule has 29 heavy (non-hydrogen) atoms. The van der Waals surface area contributed by atoms with Crippen molar-refractivity contribution in [2.45, 2.75) is 108 Å². The number of unbranched alkanes of at least 4 members (excludes halogenated alkanes) is 10. The molecule has 5 heteroatoms. The van der Waals surface area contributed by atoms with Crippen LogP contribution in [-0.2, 0) is 19.1 Å². The summed E-state index contributed by atoms with van der Waals surface area (Å²) in [6, 6.07) is 0. The number of carbonyl (C=O) groups is 2. The fourth-order valence-corrected chi connectivity index (χ4v) is 4.32. The molecule has 0 rings (SSSR count). The molecule has 0 aliphatic heterocycles. The number of hydrogen-bond acceptors (Lipinski definition) is 5. The third kappa shape index (κ3) is 20.1. The molecule has 0 aromatic rings. The van der Waals surface area contributed by atoms with Crippen LogP contribution < -0.4 is 0 Å². The van der Waals surface area contributed by atoms with Gasteiger partial charge in [0.25, 0.3) is 0 Å². The van der Waals surface area contributed by atoms with Crippen molar-refractivity contribution in [2.75, 3.05) is 20.0 Å². The van der Waals surface area contributed by atoms with Crippen LogP contribution in [0, 0.1) is 0 Å². The summed E-state index contributed by atoms with van der Waals surface area (Å²) in [7, 11) is 2.85. The molecule has 0 heterocycles. The lowest BCUT2D eigenvalue weighted by Crippen LogP contribution is -2.07. The van der Waals surface area contributed by atoms with Gasteiger partial charge in [-0.3, -0.25) is 9.59 Å². The lowest BCUT2D eigenvalue weighted by atomic mass is 10.1. The Bertz CT molecular complexity index is 401. The Morgan fingerprint density at radius 1 is 0.793 bits per heavy atom. The molecule has 0 saturated carbocycles. The van der Waals surface area contributed by atoms with Crippen molar-refractivity contribution in [1.29, 1.82) is 0 Å². The van der Waals surface area contributed by atoms with E-state index in [9.17, 15) is 9.59 Å². The van der Waals surface area contributed by atoms with Crippen molar-refractivity contribution in [1.82, 2.24) is 0 Å². The van der Waals surface area contributed by atoms with Gasteiger partial charge in [0.2, 0.25) is 0 Å². The third-order valence-electron chi connectivity index (χ3n) is 5.04. The number of allylic oxidation sites excluding steroid dienone is 1. The molecule has 0 amide bonds. The van der Waals surface area contributed by atoms with E-state index < -0.39 is 0 Å². The Morgan fingerprint density at radius 2 is 1.34 bits per heavy atom. The van der Waals surface area contributed by atoms with E-state index in [0.29, 0.717) is 18.1 Å². The summed E-state index contributed by atoms with van der Waals surface area (Å²) < 4.78 is 9.42. The molecule has 1 atom stereocenters. The average Bonchev–Trinajstić information content (AvgIpc) is 2.73. The maximum Gasteiger partial charge on any atom is 0.306 e. The molecule has 0 fully saturated rings. The highest BCUT2D eigenvalue weighted by molar-refractivity contribution is 8.00. The van der Waals surface area contributed by atoms with Crippen LogP contribution in [-0.4, -0.2) is 37.2 Å². The minimum absolute atomic E-state index is 0.155. The fourth-order valence-electron chi connectivity index (χ4n) is 3.18. The molecule has 0 bridgehead atoms. The third-order valence-corrected chi connectivity index (χ3v) is 6.30. The number of carbonyl (C=O) groups excluding carboxylic acids is 2. The summed E-state index contributed by atoms with van der Waals surface area (Å²) in [6.07, 6.45) is 21.8. The highest BCUT2D eigenvalue weighted by atomic mass is 32.2. The first-order valence-electron chi connectivity index (χ1n) is 11.6. The van der Waals surface area contributed by atoms with Crippen molar-refractivity contribution >= 4 is 23.7 Å². The zero-order valence-corrected chi connectivity index (χ0v) is 19.9.